The number of aromatic nitrogens is 1. The molecule has 0 bridgehead atoms. The van der Waals surface area contributed by atoms with E-state index in [2.05, 4.69) is 32.9 Å². The summed E-state index contributed by atoms with van der Waals surface area (Å²) in [6.45, 7) is 0. The lowest BCUT2D eigenvalue weighted by atomic mass is 10.2. The lowest BCUT2D eigenvalue weighted by molar-refractivity contribution is 0.102. The maximum atomic E-state index is 12.9. The second-order valence-electron chi connectivity index (χ2n) is 3.47. The van der Waals surface area contributed by atoms with Crippen LogP contribution in [0.4, 0.5) is 10.1 Å². The van der Waals surface area contributed by atoms with Gasteiger partial charge in [0.05, 0.1) is 22.5 Å². The van der Waals surface area contributed by atoms with Crippen molar-refractivity contribution in [2.75, 3.05) is 5.32 Å². The van der Waals surface area contributed by atoms with Gasteiger partial charge in [-0.15, -0.1) is 0 Å². The number of pyridine rings is 1. The van der Waals surface area contributed by atoms with Gasteiger partial charge >= 0.3 is 0 Å². The van der Waals surface area contributed by atoms with Crippen LogP contribution in [0.15, 0.2) is 36.7 Å². The summed E-state index contributed by atoms with van der Waals surface area (Å²) < 4.78 is 13.9. The molecule has 0 atom stereocenters. The standard InChI is InChI=1S/C12H7ClFIN2O/c13-10-4-9(15)1-2-11(10)17-12(18)7-3-8(14)6-16-5-7/h1-6H,(H,17,18). The van der Waals surface area contributed by atoms with E-state index in [1.807, 2.05) is 6.07 Å². The predicted molar refractivity (Wildman–Crippen MR) is 76.3 cm³/mol. The van der Waals surface area contributed by atoms with Crippen molar-refractivity contribution in [3.8, 4) is 0 Å². The summed E-state index contributed by atoms with van der Waals surface area (Å²) in [7, 11) is 0. The van der Waals surface area contributed by atoms with Gasteiger partial charge in [-0.25, -0.2) is 4.39 Å². The number of hydrogen-bond acceptors (Lipinski definition) is 2. The molecule has 0 aliphatic rings. The monoisotopic (exact) mass is 376 g/mol. The van der Waals surface area contributed by atoms with Gasteiger partial charge in [0.15, 0.2) is 0 Å². The molecular formula is C12H7ClFIN2O. The summed E-state index contributed by atoms with van der Waals surface area (Å²) in [4.78, 5) is 15.4. The molecule has 18 heavy (non-hydrogen) atoms. The van der Waals surface area contributed by atoms with Gasteiger partial charge < -0.3 is 5.32 Å². The molecule has 1 aromatic heterocycles. The quantitative estimate of drug-likeness (QED) is 0.812. The fourth-order valence-corrected chi connectivity index (χ4v) is 2.22. The van der Waals surface area contributed by atoms with Crippen molar-refractivity contribution in [1.82, 2.24) is 4.98 Å². The molecule has 0 saturated carbocycles. The number of nitrogens with one attached hydrogen (secondary N) is 1. The Balaban J connectivity index is 2.21. The Bertz CT molecular complexity index is 606. The first-order valence-corrected chi connectivity index (χ1v) is 6.39. The molecule has 1 heterocycles. The van der Waals surface area contributed by atoms with Gasteiger partial charge in [-0.3, -0.25) is 9.78 Å². The van der Waals surface area contributed by atoms with E-state index >= 15 is 0 Å². The van der Waals surface area contributed by atoms with Gasteiger partial charge in [-0.05, 0) is 46.9 Å². The van der Waals surface area contributed by atoms with Crippen LogP contribution in [0.1, 0.15) is 10.4 Å². The van der Waals surface area contributed by atoms with Crippen LogP contribution in [0.2, 0.25) is 5.02 Å². The van der Waals surface area contributed by atoms with Crippen molar-refractivity contribution in [2.24, 2.45) is 0 Å². The first-order chi connectivity index (χ1) is 8.56. The van der Waals surface area contributed by atoms with Crippen molar-refractivity contribution in [3.63, 3.8) is 0 Å². The van der Waals surface area contributed by atoms with Gasteiger partial charge in [0.1, 0.15) is 5.82 Å². The van der Waals surface area contributed by atoms with Crippen LogP contribution in [-0.4, -0.2) is 10.9 Å². The molecule has 1 aromatic carbocycles. The molecule has 0 aliphatic carbocycles. The third kappa shape index (κ3) is 3.17. The van der Waals surface area contributed by atoms with Crippen LogP contribution in [0.25, 0.3) is 0 Å². The molecule has 0 saturated heterocycles. The van der Waals surface area contributed by atoms with E-state index in [0.717, 1.165) is 15.8 Å². The summed E-state index contributed by atoms with van der Waals surface area (Å²) in [6.07, 6.45) is 2.33. The summed E-state index contributed by atoms with van der Waals surface area (Å²) >= 11 is 8.10. The molecule has 0 fully saturated rings. The summed E-state index contributed by atoms with van der Waals surface area (Å²) in [5.41, 5.74) is 0.621. The van der Waals surface area contributed by atoms with E-state index < -0.39 is 11.7 Å². The highest BCUT2D eigenvalue weighted by Gasteiger charge is 2.09. The number of carbonyl (C=O) groups is 1. The van der Waals surface area contributed by atoms with E-state index in [1.165, 1.54) is 6.20 Å². The normalized spacial score (nSPS) is 10.2. The lowest BCUT2D eigenvalue weighted by Crippen LogP contribution is -2.12. The van der Waals surface area contributed by atoms with Crippen molar-refractivity contribution < 1.29 is 9.18 Å². The number of nitrogens with zero attached hydrogens (tertiary/aromatic N) is 1. The molecular weight excluding hydrogens is 370 g/mol. The number of hydrogen-bond donors (Lipinski definition) is 1. The van der Waals surface area contributed by atoms with Crippen molar-refractivity contribution >= 4 is 45.8 Å². The average molecular weight is 377 g/mol. The third-order valence-corrected chi connectivity index (χ3v) is 3.13. The molecule has 2 aromatic rings. The fourth-order valence-electron chi connectivity index (χ4n) is 1.32. The molecule has 6 heteroatoms. The van der Waals surface area contributed by atoms with Crippen LogP contribution < -0.4 is 5.32 Å². The Hall–Kier alpha value is -1.21. The zero-order valence-electron chi connectivity index (χ0n) is 8.95. The van der Waals surface area contributed by atoms with E-state index in [4.69, 9.17) is 11.6 Å². The van der Waals surface area contributed by atoms with Crippen LogP contribution >= 0.6 is 34.2 Å². The number of halogens is 3. The van der Waals surface area contributed by atoms with Crippen LogP contribution in [-0.2, 0) is 0 Å². The summed E-state index contributed by atoms with van der Waals surface area (Å²) in [5, 5.41) is 3.03. The number of carbonyl (C=O) groups excluding carboxylic acids is 1. The van der Waals surface area contributed by atoms with Crippen LogP contribution in [0.5, 0.6) is 0 Å². The number of rotatable bonds is 2. The summed E-state index contributed by atoms with van der Waals surface area (Å²) in [6, 6.07) is 6.34. The maximum absolute atomic E-state index is 12.9. The first kappa shape index (κ1) is 13.2. The molecule has 0 aliphatic heterocycles. The maximum Gasteiger partial charge on any atom is 0.257 e. The highest BCUT2D eigenvalue weighted by Crippen LogP contribution is 2.24. The lowest BCUT2D eigenvalue weighted by Gasteiger charge is -2.07. The largest absolute Gasteiger partial charge is 0.321 e. The van der Waals surface area contributed by atoms with Gasteiger partial charge in [0.25, 0.3) is 5.91 Å². The molecule has 0 radical (unpaired) electrons. The average Bonchev–Trinajstić information content (AvgIpc) is 2.32. The first-order valence-electron chi connectivity index (χ1n) is 4.93. The Labute approximate surface area is 122 Å². The van der Waals surface area contributed by atoms with Crippen LogP contribution in [0, 0.1) is 9.39 Å². The molecule has 0 unspecified atom stereocenters. The minimum absolute atomic E-state index is 0.143. The van der Waals surface area contributed by atoms with E-state index in [-0.39, 0.29) is 5.56 Å². The van der Waals surface area contributed by atoms with Crippen LogP contribution in [0.3, 0.4) is 0 Å². The molecule has 1 amide bonds. The minimum Gasteiger partial charge on any atom is -0.321 e. The van der Waals surface area contributed by atoms with Gasteiger partial charge in [-0.2, -0.15) is 0 Å². The zero-order valence-corrected chi connectivity index (χ0v) is 11.9. The number of amides is 1. The van der Waals surface area contributed by atoms with Gasteiger partial charge in [-0.1, -0.05) is 11.6 Å². The van der Waals surface area contributed by atoms with Crippen molar-refractivity contribution in [2.45, 2.75) is 0 Å². The molecule has 92 valence electrons. The highest BCUT2D eigenvalue weighted by molar-refractivity contribution is 14.1. The second kappa shape index (κ2) is 5.62. The molecule has 3 nitrogen and oxygen atoms in total. The van der Waals surface area contributed by atoms with E-state index in [9.17, 15) is 9.18 Å². The SMILES string of the molecule is O=C(Nc1ccc(I)cc1Cl)c1cncc(F)c1. The Morgan fingerprint density at radius 2 is 2.11 bits per heavy atom. The minimum atomic E-state index is -0.559. The fraction of sp³-hybridized carbons (Fsp3) is 0. The third-order valence-electron chi connectivity index (χ3n) is 2.15. The van der Waals surface area contributed by atoms with Gasteiger partial charge in [0.2, 0.25) is 0 Å². The Kier molecular flexibility index (Phi) is 4.13. The van der Waals surface area contributed by atoms with E-state index in [0.29, 0.717) is 10.7 Å². The Morgan fingerprint density at radius 3 is 2.78 bits per heavy atom. The smallest absolute Gasteiger partial charge is 0.257 e. The number of anilines is 1. The van der Waals surface area contributed by atoms with Crippen molar-refractivity contribution in [1.29, 1.82) is 0 Å². The van der Waals surface area contributed by atoms with Gasteiger partial charge in [0, 0.05) is 9.77 Å². The highest BCUT2D eigenvalue weighted by atomic mass is 127. The molecule has 2 rings (SSSR count). The Morgan fingerprint density at radius 1 is 1.33 bits per heavy atom. The second-order valence-corrected chi connectivity index (χ2v) is 5.12. The predicted octanol–water partition coefficient (Wildman–Crippen LogP) is 3.73. The topological polar surface area (TPSA) is 42.0 Å². The molecule has 0 spiro atoms. The number of benzene rings is 1. The van der Waals surface area contributed by atoms with E-state index in [1.54, 1.807) is 12.1 Å². The zero-order chi connectivity index (χ0) is 13.1. The summed E-state index contributed by atoms with van der Waals surface area (Å²) in [5.74, 6) is -1.01. The molecule has 1 N–H and O–H groups in total. The van der Waals surface area contributed by atoms with Crippen molar-refractivity contribution in [3.05, 3.63) is 56.6 Å².